The molecule has 0 aliphatic heterocycles. The summed E-state index contributed by atoms with van der Waals surface area (Å²) in [7, 11) is 0. The summed E-state index contributed by atoms with van der Waals surface area (Å²) in [4.78, 5) is 2.52. The van der Waals surface area contributed by atoms with Gasteiger partial charge in [0.2, 0.25) is 0 Å². The molecule has 2 aromatic rings. The van der Waals surface area contributed by atoms with E-state index in [0.29, 0.717) is 0 Å². The lowest BCUT2D eigenvalue weighted by Crippen LogP contribution is -1.64. The molecule has 90 valence electrons. The molecule has 0 aromatic heterocycles. The Morgan fingerprint density at radius 1 is 0.556 bits per heavy atom. The van der Waals surface area contributed by atoms with Crippen LogP contribution in [0.4, 0.5) is 0 Å². The fraction of sp³-hybridized carbons (Fsp3) is 0. The third kappa shape index (κ3) is 4.86. The van der Waals surface area contributed by atoms with Gasteiger partial charge in [0.05, 0.1) is 0 Å². The first-order valence-corrected chi connectivity index (χ1v) is 7.46. The second-order valence-corrected chi connectivity index (χ2v) is 5.48. The Balaban J connectivity index is 1.75. The lowest BCUT2D eigenvalue weighted by molar-refractivity contribution is 1.47. The van der Waals surface area contributed by atoms with E-state index in [-0.39, 0.29) is 0 Å². The van der Waals surface area contributed by atoms with E-state index in [9.17, 15) is 0 Å². The molecule has 0 unspecified atom stereocenters. The van der Waals surface area contributed by atoms with Crippen molar-refractivity contribution in [2.75, 3.05) is 0 Å². The molecule has 0 saturated carbocycles. The van der Waals surface area contributed by atoms with Gasteiger partial charge in [-0.25, -0.2) is 0 Å². The molecular formula is C16H14S2. The van der Waals surface area contributed by atoms with Crippen LogP contribution in [-0.4, -0.2) is 0 Å². The van der Waals surface area contributed by atoms with E-state index in [1.807, 2.05) is 12.1 Å². The van der Waals surface area contributed by atoms with Gasteiger partial charge >= 0.3 is 0 Å². The zero-order chi connectivity index (χ0) is 12.5. The second-order valence-electron chi connectivity index (χ2n) is 3.52. The van der Waals surface area contributed by atoms with Gasteiger partial charge in [0.25, 0.3) is 0 Å². The smallest absolute Gasteiger partial charge is 0.0116 e. The van der Waals surface area contributed by atoms with Crippen LogP contribution in [0.2, 0.25) is 0 Å². The van der Waals surface area contributed by atoms with Crippen LogP contribution in [0, 0.1) is 0 Å². The van der Waals surface area contributed by atoms with Crippen LogP contribution >= 0.6 is 23.5 Å². The Labute approximate surface area is 117 Å². The van der Waals surface area contributed by atoms with Crippen LogP contribution in [0.5, 0.6) is 0 Å². The maximum absolute atomic E-state index is 2.11. The van der Waals surface area contributed by atoms with E-state index < -0.39 is 0 Å². The minimum absolute atomic E-state index is 1.26. The summed E-state index contributed by atoms with van der Waals surface area (Å²) in [5.41, 5.74) is 0. The van der Waals surface area contributed by atoms with Gasteiger partial charge in [0, 0.05) is 9.79 Å². The van der Waals surface area contributed by atoms with Crippen LogP contribution in [0.3, 0.4) is 0 Å². The van der Waals surface area contributed by atoms with Crippen molar-refractivity contribution in [3.63, 3.8) is 0 Å². The SMILES string of the molecule is C(/C=C/Sc1ccccc1)=C\Sc1ccccc1. The molecular weight excluding hydrogens is 256 g/mol. The van der Waals surface area contributed by atoms with E-state index in [4.69, 9.17) is 0 Å². The van der Waals surface area contributed by atoms with E-state index in [2.05, 4.69) is 71.5 Å². The molecule has 0 aliphatic carbocycles. The molecule has 0 amide bonds. The summed E-state index contributed by atoms with van der Waals surface area (Å²) in [5, 5.41) is 4.19. The highest BCUT2D eigenvalue weighted by Crippen LogP contribution is 2.20. The van der Waals surface area contributed by atoms with Crippen LogP contribution < -0.4 is 0 Å². The molecule has 2 aromatic carbocycles. The summed E-state index contributed by atoms with van der Waals surface area (Å²) in [6.45, 7) is 0. The van der Waals surface area contributed by atoms with Gasteiger partial charge in [-0.05, 0) is 35.1 Å². The lowest BCUT2D eigenvalue weighted by Gasteiger charge is -1.93. The molecule has 2 heteroatoms. The molecule has 0 aliphatic rings. The van der Waals surface area contributed by atoms with Gasteiger partial charge < -0.3 is 0 Å². The van der Waals surface area contributed by atoms with Crippen molar-refractivity contribution >= 4 is 23.5 Å². The van der Waals surface area contributed by atoms with Crippen molar-refractivity contribution in [1.29, 1.82) is 0 Å². The molecule has 0 fully saturated rings. The second kappa shape index (κ2) is 7.85. The first-order chi connectivity index (χ1) is 8.95. The molecule has 0 nitrogen and oxygen atoms in total. The highest BCUT2D eigenvalue weighted by molar-refractivity contribution is 8.02. The minimum Gasteiger partial charge on any atom is -0.0981 e. The van der Waals surface area contributed by atoms with Crippen molar-refractivity contribution < 1.29 is 0 Å². The largest absolute Gasteiger partial charge is 0.0981 e. The zero-order valence-corrected chi connectivity index (χ0v) is 11.5. The Hall–Kier alpha value is -1.38. The Kier molecular flexibility index (Phi) is 5.70. The molecule has 0 N–H and O–H groups in total. The number of hydrogen-bond donors (Lipinski definition) is 0. The van der Waals surface area contributed by atoms with E-state index in [1.54, 1.807) is 23.5 Å². The van der Waals surface area contributed by atoms with Gasteiger partial charge in [0.15, 0.2) is 0 Å². The van der Waals surface area contributed by atoms with Crippen molar-refractivity contribution in [2.24, 2.45) is 0 Å². The highest BCUT2D eigenvalue weighted by atomic mass is 32.2. The van der Waals surface area contributed by atoms with Gasteiger partial charge in [-0.3, -0.25) is 0 Å². The molecule has 0 saturated heterocycles. The maximum Gasteiger partial charge on any atom is 0.0116 e. The van der Waals surface area contributed by atoms with Crippen molar-refractivity contribution in [3.05, 3.63) is 83.6 Å². The standard InChI is InChI=1S/C16H14S2/c1-3-9-15(10-4-1)17-13-7-8-14-18-16-11-5-2-6-12-16/h1-14H/b13-7+,14-8+. The molecule has 2 rings (SSSR count). The van der Waals surface area contributed by atoms with Gasteiger partial charge in [0.1, 0.15) is 0 Å². The predicted molar refractivity (Wildman–Crippen MR) is 82.9 cm³/mol. The third-order valence-corrected chi connectivity index (χ3v) is 3.84. The van der Waals surface area contributed by atoms with E-state index in [0.717, 1.165) is 0 Å². The van der Waals surface area contributed by atoms with Gasteiger partial charge in [-0.15, -0.1) is 0 Å². The summed E-state index contributed by atoms with van der Waals surface area (Å²) >= 11 is 3.45. The highest BCUT2D eigenvalue weighted by Gasteiger charge is 1.86. The Morgan fingerprint density at radius 3 is 1.33 bits per heavy atom. The Bertz CT molecular complexity index is 452. The summed E-state index contributed by atoms with van der Waals surface area (Å²) in [6.07, 6.45) is 4.13. The summed E-state index contributed by atoms with van der Waals surface area (Å²) in [5.74, 6) is 0. The number of rotatable bonds is 5. The molecule has 0 bridgehead atoms. The fourth-order valence-electron chi connectivity index (χ4n) is 1.32. The first-order valence-electron chi connectivity index (χ1n) is 5.70. The Morgan fingerprint density at radius 2 is 0.944 bits per heavy atom. The molecule has 0 atom stereocenters. The quantitative estimate of drug-likeness (QED) is 0.512. The van der Waals surface area contributed by atoms with Crippen molar-refractivity contribution in [3.8, 4) is 0 Å². The van der Waals surface area contributed by atoms with E-state index >= 15 is 0 Å². The predicted octanol–water partition coefficient (Wildman–Crippen LogP) is 5.60. The number of allylic oxidation sites excluding steroid dienone is 2. The van der Waals surface area contributed by atoms with E-state index in [1.165, 1.54) is 9.79 Å². The minimum atomic E-state index is 1.26. The third-order valence-electron chi connectivity index (χ3n) is 2.16. The first kappa shape index (κ1) is 13.1. The topological polar surface area (TPSA) is 0 Å². The normalized spacial score (nSPS) is 11.3. The summed E-state index contributed by atoms with van der Waals surface area (Å²) in [6, 6.07) is 20.7. The average molecular weight is 270 g/mol. The van der Waals surface area contributed by atoms with Crippen LogP contribution in [0.25, 0.3) is 0 Å². The maximum atomic E-state index is 2.11. The van der Waals surface area contributed by atoms with Gasteiger partial charge in [-0.2, -0.15) is 0 Å². The molecule has 0 heterocycles. The summed E-state index contributed by atoms with van der Waals surface area (Å²) < 4.78 is 0. The van der Waals surface area contributed by atoms with Crippen molar-refractivity contribution in [2.45, 2.75) is 9.79 Å². The lowest BCUT2D eigenvalue weighted by atomic mass is 10.4. The van der Waals surface area contributed by atoms with Crippen LogP contribution in [-0.2, 0) is 0 Å². The number of hydrogen-bond acceptors (Lipinski definition) is 2. The molecule has 18 heavy (non-hydrogen) atoms. The zero-order valence-electron chi connectivity index (χ0n) is 9.90. The van der Waals surface area contributed by atoms with Crippen LogP contribution in [0.15, 0.2) is 93.4 Å². The molecule has 0 radical (unpaired) electrons. The number of thioether (sulfide) groups is 2. The monoisotopic (exact) mass is 270 g/mol. The number of benzene rings is 2. The van der Waals surface area contributed by atoms with Crippen molar-refractivity contribution in [1.82, 2.24) is 0 Å². The van der Waals surface area contributed by atoms with Crippen LogP contribution in [0.1, 0.15) is 0 Å². The van der Waals surface area contributed by atoms with Gasteiger partial charge in [-0.1, -0.05) is 72.1 Å². The fourth-order valence-corrected chi connectivity index (χ4v) is 2.61. The average Bonchev–Trinajstić information content (AvgIpc) is 2.45. The molecule has 0 spiro atoms.